The van der Waals surface area contributed by atoms with Crippen molar-refractivity contribution in [1.82, 2.24) is 4.98 Å². The second kappa shape index (κ2) is 6.61. The highest BCUT2D eigenvalue weighted by molar-refractivity contribution is 9.29. The maximum Gasteiger partial charge on any atom is 0.149 e. The highest BCUT2D eigenvalue weighted by Crippen LogP contribution is 2.29. The van der Waals surface area contributed by atoms with Crippen LogP contribution < -0.4 is 0 Å². The van der Waals surface area contributed by atoms with Crippen LogP contribution in [0.3, 0.4) is 0 Å². The maximum atomic E-state index is 4.18. The Morgan fingerprint density at radius 1 is 1.46 bits per heavy atom. The predicted octanol–water partition coefficient (Wildman–Crippen LogP) is 4.98. The first kappa shape index (κ1) is 12.2. The van der Waals surface area contributed by atoms with Gasteiger partial charge in [0.25, 0.3) is 0 Å². The molecule has 1 rings (SSSR count). The van der Waals surface area contributed by atoms with Gasteiger partial charge in [-0.25, -0.2) is 4.98 Å². The highest BCUT2D eigenvalue weighted by Gasteiger charge is 2.00. The zero-order chi connectivity index (χ0) is 9.68. The van der Waals surface area contributed by atoms with Crippen LogP contribution in [0.1, 0.15) is 6.42 Å². The van der Waals surface area contributed by atoms with Gasteiger partial charge < -0.3 is 0 Å². The minimum atomic E-state index is 0.986. The van der Waals surface area contributed by atoms with Crippen molar-refractivity contribution in [1.29, 1.82) is 0 Å². The van der Waals surface area contributed by atoms with Crippen LogP contribution in [-0.4, -0.2) is 10.7 Å². The number of nitrogens with zero attached hydrogens (tertiary/aromatic N) is 1. The number of rotatable bonds is 4. The molecule has 0 amide bonds. The van der Waals surface area contributed by atoms with E-state index in [1.807, 2.05) is 11.6 Å². The molecule has 0 aliphatic rings. The Labute approximate surface area is 111 Å². The van der Waals surface area contributed by atoms with Gasteiger partial charge in [-0.3, -0.25) is 0 Å². The molecule has 0 saturated heterocycles. The van der Waals surface area contributed by atoms with Crippen molar-refractivity contribution in [3.63, 3.8) is 0 Å². The molecule has 1 aromatic rings. The molecule has 0 radical (unpaired) electrons. The van der Waals surface area contributed by atoms with Crippen LogP contribution in [0.5, 0.6) is 0 Å². The van der Waals surface area contributed by atoms with Gasteiger partial charge in [-0.05, 0) is 38.3 Å². The fourth-order valence-electron chi connectivity index (χ4n) is 0.604. The Morgan fingerprint density at radius 3 is 2.77 bits per heavy atom. The molecule has 1 nitrogen and oxygen atoms in total. The minimum absolute atomic E-state index is 0.986. The summed E-state index contributed by atoms with van der Waals surface area (Å²) >= 11 is 13.6. The largest absolute Gasteiger partial charge is 0.238 e. The molecule has 0 bridgehead atoms. The average Bonchev–Trinajstić information content (AvgIpc) is 2.56. The summed E-state index contributed by atoms with van der Waals surface area (Å²) in [5.41, 5.74) is 0. The number of halogens is 3. The molecule has 1 heterocycles. The first-order chi connectivity index (χ1) is 6.20. The molecule has 6 heteroatoms. The van der Waals surface area contributed by atoms with Crippen LogP contribution in [0.25, 0.3) is 0 Å². The van der Waals surface area contributed by atoms with E-state index in [4.69, 9.17) is 0 Å². The fraction of sp³-hybridized carbons (Fsp3) is 0.286. The van der Waals surface area contributed by atoms with E-state index < -0.39 is 0 Å². The van der Waals surface area contributed by atoms with Crippen LogP contribution in [0.4, 0.5) is 0 Å². The molecule has 0 unspecified atom stereocenters. The van der Waals surface area contributed by atoms with E-state index in [-0.39, 0.29) is 0 Å². The number of hydrogen-bond acceptors (Lipinski definition) is 3. The Bertz CT molecular complexity index is 280. The summed E-state index contributed by atoms with van der Waals surface area (Å²) in [5, 5.41) is 1.99. The van der Waals surface area contributed by atoms with E-state index in [0.717, 1.165) is 24.4 Å². The van der Waals surface area contributed by atoms with Crippen molar-refractivity contribution in [2.24, 2.45) is 0 Å². The van der Waals surface area contributed by atoms with Gasteiger partial charge in [-0.2, -0.15) is 0 Å². The summed E-state index contributed by atoms with van der Waals surface area (Å²) in [7, 11) is 0. The lowest BCUT2D eigenvalue weighted by Gasteiger charge is -1.97. The lowest BCUT2D eigenvalue weighted by Crippen LogP contribution is -1.79. The topological polar surface area (TPSA) is 12.9 Å². The number of thiazole rings is 1. The van der Waals surface area contributed by atoms with Crippen molar-refractivity contribution >= 4 is 70.9 Å². The summed E-state index contributed by atoms with van der Waals surface area (Å²) < 4.78 is 3.27. The van der Waals surface area contributed by atoms with E-state index in [2.05, 4.69) is 52.8 Å². The van der Waals surface area contributed by atoms with Crippen molar-refractivity contribution in [3.05, 3.63) is 19.5 Å². The van der Waals surface area contributed by atoms with Gasteiger partial charge in [0.1, 0.15) is 4.34 Å². The molecule has 0 fully saturated rings. The van der Waals surface area contributed by atoms with Gasteiger partial charge in [0.05, 0.1) is 3.39 Å². The monoisotopic (exact) mass is 405 g/mol. The maximum absolute atomic E-state index is 4.18. The van der Waals surface area contributed by atoms with Crippen molar-refractivity contribution in [2.45, 2.75) is 10.8 Å². The van der Waals surface area contributed by atoms with E-state index in [1.165, 1.54) is 0 Å². The molecule has 0 N–H and O–H groups in total. The van der Waals surface area contributed by atoms with Crippen molar-refractivity contribution in [3.8, 4) is 0 Å². The zero-order valence-electron chi connectivity index (χ0n) is 6.47. The average molecular weight is 408 g/mol. The molecule has 0 aromatic carbocycles. The molecule has 0 saturated carbocycles. The molecule has 0 aliphatic heterocycles. The van der Waals surface area contributed by atoms with Gasteiger partial charge in [-0.15, -0.1) is 11.3 Å². The number of allylic oxidation sites excluding steroid dienone is 1. The van der Waals surface area contributed by atoms with Gasteiger partial charge in [0.15, 0.2) is 0 Å². The third-order valence-electron chi connectivity index (χ3n) is 1.16. The van der Waals surface area contributed by atoms with E-state index >= 15 is 0 Å². The molecule has 13 heavy (non-hydrogen) atoms. The second-order valence-electron chi connectivity index (χ2n) is 2.06. The van der Waals surface area contributed by atoms with Crippen LogP contribution >= 0.6 is 70.9 Å². The smallest absolute Gasteiger partial charge is 0.149 e. The van der Waals surface area contributed by atoms with Gasteiger partial charge in [-0.1, -0.05) is 27.7 Å². The van der Waals surface area contributed by atoms with E-state index in [9.17, 15) is 0 Å². The van der Waals surface area contributed by atoms with Gasteiger partial charge in [0, 0.05) is 21.8 Å². The molecular weight excluding hydrogens is 402 g/mol. The predicted molar refractivity (Wildman–Crippen MR) is 71.3 cm³/mol. The fourth-order valence-corrected chi connectivity index (χ4v) is 3.13. The number of thioether (sulfide) groups is 1. The van der Waals surface area contributed by atoms with Crippen LogP contribution in [0, 0.1) is 0 Å². The minimum Gasteiger partial charge on any atom is -0.238 e. The lowest BCUT2D eigenvalue weighted by molar-refractivity contribution is 1.20. The third kappa shape index (κ3) is 4.97. The van der Waals surface area contributed by atoms with Gasteiger partial charge >= 0.3 is 0 Å². The molecule has 72 valence electrons. The molecular formula is C7H6Br3NS2. The molecule has 0 atom stereocenters. The standard InChI is InChI=1S/C7H6Br3NS2/c8-5(6(9)10)1-3-12-7-11-2-4-13-7/h2,4H,1,3H2. The van der Waals surface area contributed by atoms with Crippen LogP contribution in [-0.2, 0) is 0 Å². The third-order valence-corrected chi connectivity index (χ3v) is 5.94. The summed E-state index contributed by atoms with van der Waals surface area (Å²) in [6.07, 6.45) is 2.83. The highest BCUT2D eigenvalue weighted by atomic mass is 79.9. The number of hydrogen-bond donors (Lipinski definition) is 0. The van der Waals surface area contributed by atoms with Crippen molar-refractivity contribution in [2.75, 3.05) is 5.75 Å². The Morgan fingerprint density at radius 2 is 2.23 bits per heavy atom. The SMILES string of the molecule is BrC(Br)=C(Br)CCSc1nccs1. The molecule has 0 spiro atoms. The Balaban J connectivity index is 2.26. The van der Waals surface area contributed by atoms with E-state index in [1.54, 1.807) is 23.1 Å². The zero-order valence-corrected chi connectivity index (χ0v) is 12.9. The lowest BCUT2D eigenvalue weighted by atomic mass is 10.5. The van der Waals surface area contributed by atoms with Gasteiger partial charge in [0.2, 0.25) is 0 Å². The first-order valence-corrected chi connectivity index (χ1v) is 7.66. The quantitative estimate of drug-likeness (QED) is 0.653. The summed E-state index contributed by atoms with van der Waals surface area (Å²) in [6, 6.07) is 0. The Hall–Kier alpha value is 1.16. The van der Waals surface area contributed by atoms with Crippen molar-refractivity contribution < 1.29 is 0 Å². The molecule has 0 aliphatic carbocycles. The summed E-state index contributed by atoms with van der Waals surface area (Å²) in [6.45, 7) is 0. The first-order valence-electron chi connectivity index (χ1n) is 3.42. The van der Waals surface area contributed by atoms with Crippen LogP contribution in [0.2, 0.25) is 0 Å². The summed E-state index contributed by atoms with van der Waals surface area (Å²) in [4.78, 5) is 4.18. The number of aromatic nitrogens is 1. The van der Waals surface area contributed by atoms with E-state index in [0.29, 0.717) is 0 Å². The second-order valence-corrected chi connectivity index (χ2v) is 7.91. The molecule has 1 aromatic heterocycles. The normalized spacial score (nSPS) is 10.1. The summed E-state index contributed by atoms with van der Waals surface area (Å²) in [5.74, 6) is 1.04. The Kier molecular flexibility index (Phi) is 6.22. The van der Waals surface area contributed by atoms with Crippen LogP contribution in [0.15, 0.2) is 23.8 Å².